The lowest BCUT2D eigenvalue weighted by Gasteiger charge is -2.50. The Labute approximate surface area is 440 Å². The van der Waals surface area contributed by atoms with Gasteiger partial charge in [-0.05, 0) is 22.3 Å². The van der Waals surface area contributed by atoms with E-state index in [1.165, 1.54) is 6.08 Å². The van der Waals surface area contributed by atoms with Crippen LogP contribution < -0.4 is 0 Å². The van der Waals surface area contributed by atoms with Gasteiger partial charge < -0.3 is 103 Å². The molecule has 0 amide bonds. The first-order chi connectivity index (χ1) is 37.0. The van der Waals surface area contributed by atoms with Crippen LogP contribution in [0.1, 0.15) is 22.3 Å². The van der Waals surface area contributed by atoms with E-state index in [0.717, 1.165) is 22.3 Å². The number of benzene rings is 4. The molecule has 0 radical (unpaired) electrons. The van der Waals surface area contributed by atoms with E-state index in [9.17, 15) is 46.0 Å². The van der Waals surface area contributed by atoms with Crippen LogP contribution in [0, 0.1) is 0 Å². The lowest BCUT2D eigenvalue weighted by atomic mass is 9.95. The fraction of sp³-hybridized carbons (Fsp3) is 0.527. The van der Waals surface area contributed by atoms with Crippen molar-refractivity contribution in [2.24, 2.45) is 0 Å². The summed E-state index contributed by atoms with van der Waals surface area (Å²) in [7, 11) is 0. The first-order valence-electron chi connectivity index (χ1n) is 25.3. The van der Waals surface area contributed by atoms with E-state index in [4.69, 9.17) is 56.8 Å². The topological polar surface area (TPSA) is 293 Å². The highest BCUT2D eigenvalue weighted by molar-refractivity contribution is 5.17. The Hall–Kier alpha value is -4.22. The van der Waals surface area contributed by atoms with Gasteiger partial charge in [-0.3, -0.25) is 0 Å². The molecule has 0 spiro atoms. The average molecular weight is 1070 g/mol. The maximum absolute atomic E-state index is 12.3. The number of hydrogen-bond donors (Lipinski definition) is 9. The molecule has 4 heterocycles. The van der Waals surface area contributed by atoms with Gasteiger partial charge in [0.05, 0.1) is 59.5 Å². The van der Waals surface area contributed by atoms with E-state index in [1.807, 2.05) is 121 Å². The van der Waals surface area contributed by atoms with Crippen molar-refractivity contribution in [3.63, 3.8) is 0 Å². The van der Waals surface area contributed by atoms with Gasteiger partial charge in [0.1, 0.15) is 97.7 Å². The van der Waals surface area contributed by atoms with Crippen molar-refractivity contribution in [3.8, 4) is 0 Å². The molecular weight excluding hydrogens is 997 g/mol. The molecule has 76 heavy (non-hydrogen) atoms. The predicted molar refractivity (Wildman–Crippen MR) is 264 cm³/mol. The number of hydrogen-bond acceptors (Lipinski definition) is 21. The molecule has 4 aliphatic rings. The first-order valence-corrected chi connectivity index (χ1v) is 25.3. The van der Waals surface area contributed by atoms with Crippen molar-refractivity contribution in [2.45, 2.75) is 149 Å². The molecule has 0 bridgehead atoms. The maximum Gasteiger partial charge on any atom is 0.187 e. The Morgan fingerprint density at radius 2 is 0.724 bits per heavy atom. The van der Waals surface area contributed by atoms with Crippen LogP contribution in [-0.4, -0.2) is 202 Å². The molecule has 8 rings (SSSR count). The second kappa shape index (κ2) is 28.6. The summed E-state index contributed by atoms with van der Waals surface area (Å²) in [6, 6.07) is 37.7. The van der Waals surface area contributed by atoms with Crippen LogP contribution in [0.15, 0.2) is 134 Å². The third kappa shape index (κ3) is 14.5. The minimum atomic E-state index is -2.02. The normalized spacial score (nSPS) is 35.9. The van der Waals surface area contributed by atoms with Crippen LogP contribution in [-0.2, 0) is 83.3 Å². The van der Waals surface area contributed by atoms with E-state index in [0.29, 0.717) is 0 Å². The summed E-state index contributed by atoms with van der Waals surface area (Å²) in [5, 5.41) is 100. The summed E-state index contributed by atoms with van der Waals surface area (Å²) in [5.74, 6) is 0. The monoisotopic (exact) mass is 1070 g/mol. The molecule has 4 aromatic carbocycles. The highest BCUT2D eigenvalue weighted by Gasteiger charge is 2.56. The van der Waals surface area contributed by atoms with Crippen LogP contribution in [0.2, 0.25) is 0 Å². The van der Waals surface area contributed by atoms with Crippen molar-refractivity contribution in [2.75, 3.05) is 33.0 Å². The molecule has 0 saturated carbocycles. The fourth-order valence-corrected chi connectivity index (χ4v) is 9.49. The van der Waals surface area contributed by atoms with Gasteiger partial charge >= 0.3 is 0 Å². The molecule has 20 atom stereocenters. The smallest absolute Gasteiger partial charge is 0.187 e. The lowest BCUT2D eigenvalue weighted by molar-refractivity contribution is -0.397. The fourth-order valence-electron chi connectivity index (χ4n) is 9.49. The van der Waals surface area contributed by atoms with Gasteiger partial charge in [0.25, 0.3) is 0 Å². The largest absolute Gasteiger partial charge is 0.394 e. The molecular formula is C55H70O21. The third-order valence-electron chi connectivity index (χ3n) is 13.6. The van der Waals surface area contributed by atoms with Crippen molar-refractivity contribution in [1.82, 2.24) is 0 Å². The van der Waals surface area contributed by atoms with Gasteiger partial charge in [-0.1, -0.05) is 127 Å². The van der Waals surface area contributed by atoms with E-state index < -0.39 is 143 Å². The molecule has 4 aromatic rings. The number of aliphatic hydroxyl groups excluding tert-OH is 9. The molecule has 0 aromatic heterocycles. The van der Waals surface area contributed by atoms with Gasteiger partial charge in [0, 0.05) is 0 Å². The first kappa shape index (κ1) is 57.9. The Kier molecular flexibility index (Phi) is 21.8. The van der Waals surface area contributed by atoms with E-state index >= 15 is 0 Å². The third-order valence-corrected chi connectivity index (χ3v) is 13.6. The maximum atomic E-state index is 12.3. The summed E-state index contributed by atoms with van der Waals surface area (Å²) in [4.78, 5) is 0. The van der Waals surface area contributed by atoms with Gasteiger partial charge in [-0.25, -0.2) is 0 Å². The van der Waals surface area contributed by atoms with E-state index in [-0.39, 0.29) is 39.6 Å². The van der Waals surface area contributed by atoms with Crippen LogP contribution in [0.4, 0.5) is 0 Å². The zero-order valence-corrected chi connectivity index (χ0v) is 41.7. The van der Waals surface area contributed by atoms with Gasteiger partial charge in [0.15, 0.2) is 25.2 Å². The zero-order valence-electron chi connectivity index (χ0n) is 41.7. The molecule has 4 saturated heterocycles. The Balaban J connectivity index is 1.09. The highest BCUT2D eigenvalue weighted by atomic mass is 16.8. The van der Waals surface area contributed by atoms with Crippen molar-refractivity contribution in [3.05, 3.63) is 156 Å². The van der Waals surface area contributed by atoms with Crippen LogP contribution in [0.3, 0.4) is 0 Å². The minimum absolute atomic E-state index is 0.00609. The van der Waals surface area contributed by atoms with Gasteiger partial charge in [-0.15, -0.1) is 6.58 Å². The zero-order chi connectivity index (χ0) is 53.6. The second-order valence-corrected chi connectivity index (χ2v) is 18.9. The highest BCUT2D eigenvalue weighted by Crippen LogP contribution is 2.37. The molecule has 21 nitrogen and oxygen atoms in total. The van der Waals surface area contributed by atoms with Crippen LogP contribution in [0.25, 0.3) is 0 Å². The number of aliphatic hydroxyl groups is 9. The molecule has 21 heteroatoms. The SMILES string of the molecule is C=CCO[C@@H]1C(O)[C@@H](O[C@@H]2C(O)[C@@H](O[C@@H]3C(O)[C@@H](OC4[C@@H](OCc5ccccc5)OC(COCc5ccccc5)[C@@H](OCc5ccccc5)[C@@H]4OCc4ccccc4)OC(CO)[C@H]3O)OC(CO)[C@H]2O)OC(CO)[C@H]1O. The van der Waals surface area contributed by atoms with Crippen molar-refractivity contribution in [1.29, 1.82) is 0 Å². The summed E-state index contributed by atoms with van der Waals surface area (Å²) >= 11 is 0. The average Bonchev–Trinajstić information content (AvgIpc) is 3.46. The molecule has 0 aliphatic carbocycles. The summed E-state index contributed by atoms with van der Waals surface area (Å²) in [6.07, 6.45) is -29.9. The summed E-state index contributed by atoms with van der Waals surface area (Å²) < 4.78 is 75.1. The predicted octanol–water partition coefficient (Wildman–Crippen LogP) is 0.360. The quantitative estimate of drug-likeness (QED) is 0.0405. The van der Waals surface area contributed by atoms with Crippen molar-refractivity contribution >= 4 is 0 Å². The standard InChI is InChI=1S/C55H70O21/c1-2-23-66-47-40(59)36(24-56)70-52(43(47)62)74-48-41(60)37(25-57)71-53(44(48)63)75-49-42(61)38(26-58)72-54(45(49)64)76-51-50(68-29-34-19-11-5-12-20-34)46(67-28-33-17-9-4-10-18-33)39(31-65-27-32-15-7-3-8-16-32)73-55(51)69-30-35-21-13-6-14-22-35/h2-22,36-64H,1,23-31H2/t36?,37?,38?,39?,40-,41-,42-,43?,44?,45?,46-,47+,48+,49+,50+,51?,52-,53-,54-,55+/m1/s1. The van der Waals surface area contributed by atoms with E-state index in [1.54, 1.807) is 0 Å². The Morgan fingerprint density at radius 3 is 1.14 bits per heavy atom. The number of rotatable bonds is 25. The molecule has 9 N–H and O–H groups in total. The van der Waals surface area contributed by atoms with Gasteiger partial charge in [0.2, 0.25) is 0 Å². The summed E-state index contributed by atoms with van der Waals surface area (Å²) in [6.45, 7) is 1.43. The molecule has 4 aliphatic heterocycles. The summed E-state index contributed by atoms with van der Waals surface area (Å²) in [5.41, 5.74) is 3.35. The molecule has 416 valence electrons. The van der Waals surface area contributed by atoms with Crippen LogP contribution >= 0.6 is 0 Å². The molecule has 4 fully saturated rings. The Morgan fingerprint density at radius 1 is 0.368 bits per heavy atom. The van der Waals surface area contributed by atoms with Gasteiger partial charge in [-0.2, -0.15) is 0 Å². The minimum Gasteiger partial charge on any atom is -0.394 e. The van der Waals surface area contributed by atoms with E-state index in [2.05, 4.69) is 6.58 Å². The number of ether oxygens (including phenoxy) is 12. The lowest BCUT2D eigenvalue weighted by Crippen LogP contribution is -2.68. The molecule has 8 unspecified atom stereocenters. The second-order valence-electron chi connectivity index (χ2n) is 18.9. The van der Waals surface area contributed by atoms with Crippen LogP contribution in [0.5, 0.6) is 0 Å². The van der Waals surface area contributed by atoms with Crippen molar-refractivity contribution < 1.29 is 103 Å². The Bertz CT molecular complexity index is 2270.